The molecule has 0 radical (unpaired) electrons. The van der Waals surface area contributed by atoms with Gasteiger partial charge >= 0.3 is 0 Å². The van der Waals surface area contributed by atoms with E-state index in [1.54, 1.807) is 0 Å². The van der Waals surface area contributed by atoms with Crippen molar-refractivity contribution in [2.24, 2.45) is 11.7 Å². The van der Waals surface area contributed by atoms with Crippen LogP contribution in [0.15, 0.2) is 0 Å². The second-order valence-corrected chi connectivity index (χ2v) is 3.88. The Morgan fingerprint density at radius 3 is 2.00 bits per heavy atom. The molecular formula is C10H24N2. The number of likely N-dealkylation sites (tertiary alicyclic amines) is 1. The molecule has 0 aromatic heterocycles. The molecule has 1 atom stereocenters. The van der Waals surface area contributed by atoms with Crippen LogP contribution in [0, 0.1) is 5.92 Å². The number of rotatable bonds is 1. The van der Waals surface area contributed by atoms with Crippen LogP contribution < -0.4 is 5.73 Å². The molecule has 0 aromatic rings. The van der Waals surface area contributed by atoms with Crippen LogP contribution in [-0.2, 0) is 0 Å². The van der Waals surface area contributed by atoms with Gasteiger partial charge in [-0.15, -0.1) is 0 Å². The summed E-state index contributed by atoms with van der Waals surface area (Å²) in [5, 5.41) is 0. The van der Waals surface area contributed by atoms with E-state index in [0.717, 1.165) is 19.5 Å². The molecule has 0 aliphatic carbocycles. The van der Waals surface area contributed by atoms with Gasteiger partial charge in [0, 0.05) is 12.1 Å². The summed E-state index contributed by atoms with van der Waals surface area (Å²) in [5.41, 5.74) is 6.24. The largest absolute Gasteiger partial charge is 0.324 e. The SMILES string of the molecule is CC.CC(C)C1(N)CCN(C)C1. The van der Waals surface area contributed by atoms with Crippen molar-refractivity contribution in [3.63, 3.8) is 0 Å². The first-order valence-electron chi connectivity index (χ1n) is 5.02. The minimum absolute atomic E-state index is 0.0920. The highest BCUT2D eigenvalue weighted by Gasteiger charge is 2.35. The van der Waals surface area contributed by atoms with Gasteiger partial charge in [-0.25, -0.2) is 0 Å². The predicted octanol–water partition coefficient (Wildman–Crippen LogP) is 1.70. The Balaban J connectivity index is 0.000000561. The average Bonchev–Trinajstić information content (AvgIpc) is 2.37. The van der Waals surface area contributed by atoms with E-state index >= 15 is 0 Å². The van der Waals surface area contributed by atoms with Gasteiger partial charge in [-0.1, -0.05) is 27.7 Å². The van der Waals surface area contributed by atoms with E-state index in [1.165, 1.54) is 0 Å². The van der Waals surface area contributed by atoms with Crippen LogP contribution in [0.25, 0.3) is 0 Å². The zero-order valence-electron chi connectivity index (χ0n) is 9.22. The fourth-order valence-electron chi connectivity index (χ4n) is 1.53. The molecule has 0 bridgehead atoms. The molecule has 1 aliphatic heterocycles. The topological polar surface area (TPSA) is 29.3 Å². The Morgan fingerprint density at radius 2 is 1.83 bits per heavy atom. The lowest BCUT2D eigenvalue weighted by atomic mass is 9.87. The van der Waals surface area contributed by atoms with Crippen LogP contribution in [0.5, 0.6) is 0 Å². The monoisotopic (exact) mass is 172 g/mol. The van der Waals surface area contributed by atoms with Gasteiger partial charge in [-0.05, 0) is 25.9 Å². The lowest BCUT2D eigenvalue weighted by molar-refractivity contribution is 0.300. The van der Waals surface area contributed by atoms with E-state index in [1.807, 2.05) is 13.8 Å². The number of hydrogen-bond donors (Lipinski definition) is 1. The molecule has 74 valence electrons. The highest BCUT2D eigenvalue weighted by Crippen LogP contribution is 2.24. The summed E-state index contributed by atoms with van der Waals surface area (Å²) < 4.78 is 0. The first-order chi connectivity index (χ1) is 5.54. The van der Waals surface area contributed by atoms with E-state index in [4.69, 9.17) is 5.73 Å². The third kappa shape index (κ3) is 2.76. The number of likely N-dealkylation sites (N-methyl/N-ethyl adjacent to an activating group) is 1. The molecule has 1 rings (SSSR count). The quantitative estimate of drug-likeness (QED) is 0.652. The summed E-state index contributed by atoms with van der Waals surface area (Å²) in [6.45, 7) is 10.6. The van der Waals surface area contributed by atoms with Crippen molar-refractivity contribution in [2.75, 3.05) is 20.1 Å². The number of hydrogen-bond acceptors (Lipinski definition) is 2. The van der Waals surface area contributed by atoms with Gasteiger partial charge < -0.3 is 10.6 Å². The first-order valence-corrected chi connectivity index (χ1v) is 5.02. The molecule has 0 amide bonds. The van der Waals surface area contributed by atoms with Crippen LogP contribution in [0.4, 0.5) is 0 Å². The van der Waals surface area contributed by atoms with E-state index in [-0.39, 0.29) is 5.54 Å². The summed E-state index contributed by atoms with van der Waals surface area (Å²) in [5.74, 6) is 0.609. The second kappa shape index (κ2) is 4.83. The smallest absolute Gasteiger partial charge is 0.0318 e. The lowest BCUT2D eigenvalue weighted by Crippen LogP contribution is -2.46. The summed E-state index contributed by atoms with van der Waals surface area (Å²) in [4.78, 5) is 2.31. The second-order valence-electron chi connectivity index (χ2n) is 3.88. The molecule has 1 aliphatic rings. The van der Waals surface area contributed by atoms with Crippen molar-refractivity contribution in [2.45, 2.75) is 39.7 Å². The maximum atomic E-state index is 6.15. The van der Waals surface area contributed by atoms with Gasteiger partial charge in [0.05, 0.1) is 0 Å². The summed E-state index contributed by atoms with van der Waals surface area (Å²) in [6.07, 6.45) is 1.15. The maximum absolute atomic E-state index is 6.15. The third-order valence-electron chi connectivity index (χ3n) is 2.67. The molecule has 1 heterocycles. The van der Waals surface area contributed by atoms with Gasteiger partial charge in [-0.3, -0.25) is 0 Å². The molecule has 2 heteroatoms. The van der Waals surface area contributed by atoms with Crippen molar-refractivity contribution in [1.82, 2.24) is 4.90 Å². The Labute approximate surface area is 77.1 Å². The highest BCUT2D eigenvalue weighted by molar-refractivity contribution is 4.95. The number of nitrogens with zero attached hydrogens (tertiary/aromatic N) is 1. The predicted molar refractivity (Wildman–Crippen MR) is 55.2 cm³/mol. The van der Waals surface area contributed by atoms with Crippen molar-refractivity contribution in [3.05, 3.63) is 0 Å². The Kier molecular flexibility index (Phi) is 4.80. The molecule has 0 spiro atoms. The molecule has 12 heavy (non-hydrogen) atoms. The Bertz CT molecular complexity index is 123. The van der Waals surface area contributed by atoms with E-state index in [0.29, 0.717) is 5.92 Å². The van der Waals surface area contributed by atoms with Crippen molar-refractivity contribution < 1.29 is 0 Å². The zero-order chi connectivity index (χ0) is 9.78. The van der Waals surface area contributed by atoms with E-state index in [2.05, 4.69) is 25.8 Å². The van der Waals surface area contributed by atoms with Crippen molar-refractivity contribution >= 4 is 0 Å². The number of nitrogens with two attached hydrogens (primary N) is 1. The van der Waals surface area contributed by atoms with Gasteiger partial charge in [0.1, 0.15) is 0 Å². The van der Waals surface area contributed by atoms with Crippen molar-refractivity contribution in [1.29, 1.82) is 0 Å². The standard InChI is InChI=1S/C8H18N2.C2H6/c1-7(2)8(9)4-5-10(3)6-8;1-2/h7H,4-6,9H2,1-3H3;1-2H3. The maximum Gasteiger partial charge on any atom is 0.0318 e. The minimum Gasteiger partial charge on any atom is -0.324 e. The minimum atomic E-state index is 0.0920. The van der Waals surface area contributed by atoms with Gasteiger partial charge in [-0.2, -0.15) is 0 Å². The average molecular weight is 172 g/mol. The van der Waals surface area contributed by atoms with E-state index < -0.39 is 0 Å². The van der Waals surface area contributed by atoms with Crippen LogP contribution in [-0.4, -0.2) is 30.6 Å². The third-order valence-corrected chi connectivity index (χ3v) is 2.67. The Morgan fingerprint density at radius 1 is 1.33 bits per heavy atom. The molecule has 1 saturated heterocycles. The van der Waals surface area contributed by atoms with Gasteiger partial charge in [0.25, 0.3) is 0 Å². The fourth-order valence-corrected chi connectivity index (χ4v) is 1.53. The molecule has 0 aromatic carbocycles. The summed E-state index contributed by atoms with van der Waals surface area (Å²) in [7, 11) is 2.14. The van der Waals surface area contributed by atoms with Crippen LogP contribution in [0.2, 0.25) is 0 Å². The van der Waals surface area contributed by atoms with Crippen LogP contribution in [0.1, 0.15) is 34.1 Å². The molecule has 2 N–H and O–H groups in total. The molecule has 1 unspecified atom stereocenters. The summed E-state index contributed by atoms with van der Waals surface area (Å²) in [6, 6.07) is 0. The zero-order valence-corrected chi connectivity index (χ0v) is 9.22. The normalized spacial score (nSPS) is 30.2. The van der Waals surface area contributed by atoms with Crippen LogP contribution >= 0.6 is 0 Å². The molecule has 1 fully saturated rings. The lowest BCUT2D eigenvalue weighted by Gasteiger charge is -2.28. The molecular weight excluding hydrogens is 148 g/mol. The summed E-state index contributed by atoms with van der Waals surface area (Å²) >= 11 is 0. The van der Waals surface area contributed by atoms with Crippen LogP contribution in [0.3, 0.4) is 0 Å². The highest BCUT2D eigenvalue weighted by atomic mass is 15.2. The molecule has 2 nitrogen and oxygen atoms in total. The fraction of sp³-hybridized carbons (Fsp3) is 1.00. The Hall–Kier alpha value is -0.0800. The molecule has 0 saturated carbocycles. The van der Waals surface area contributed by atoms with Crippen molar-refractivity contribution in [3.8, 4) is 0 Å². The van der Waals surface area contributed by atoms with E-state index in [9.17, 15) is 0 Å². The van der Waals surface area contributed by atoms with Gasteiger partial charge in [0.15, 0.2) is 0 Å². The first kappa shape index (κ1) is 11.9. The van der Waals surface area contributed by atoms with Gasteiger partial charge in [0.2, 0.25) is 0 Å².